The number of H-pyrrole nitrogens is 1. The summed E-state index contributed by atoms with van der Waals surface area (Å²) in [4.78, 5) is 11.0. The first kappa shape index (κ1) is 13.2. The highest BCUT2D eigenvalue weighted by Crippen LogP contribution is 2.26. The van der Waals surface area contributed by atoms with Crippen molar-refractivity contribution in [2.75, 3.05) is 19.8 Å². The van der Waals surface area contributed by atoms with Crippen LogP contribution in [0.5, 0.6) is 0 Å². The highest BCUT2D eigenvalue weighted by atomic mass is 16.5. The molecular weight excluding hydrogens is 254 g/mol. The first-order valence-corrected chi connectivity index (χ1v) is 6.84. The molecule has 1 aliphatic heterocycles. The van der Waals surface area contributed by atoms with Crippen molar-refractivity contribution < 1.29 is 4.74 Å². The summed E-state index contributed by atoms with van der Waals surface area (Å²) >= 11 is 0. The van der Waals surface area contributed by atoms with Gasteiger partial charge in [0.15, 0.2) is 0 Å². The number of nitrogens with one attached hydrogen (secondary N) is 1. The fourth-order valence-corrected chi connectivity index (χ4v) is 2.59. The molecule has 0 spiro atoms. The van der Waals surface area contributed by atoms with Crippen LogP contribution >= 0.6 is 0 Å². The fraction of sp³-hybridized carbons (Fsp3) is 0.500. The molecule has 0 bridgehead atoms. The minimum atomic E-state index is 0.210. The SMILES string of the molecule is Cc1nccc(CN2CCOC[C@H]2c2[nH]ncc2C)n1. The molecule has 0 saturated carbocycles. The van der Waals surface area contributed by atoms with Gasteiger partial charge in [-0.3, -0.25) is 10.00 Å². The molecule has 0 unspecified atom stereocenters. The Bertz CT molecular complexity index is 582. The maximum absolute atomic E-state index is 5.63. The Hall–Kier alpha value is -1.79. The zero-order valence-electron chi connectivity index (χ0n) is 11.8. The molecule has 0 aliphatic carbocycles. The molecule has 3 heterocycles. The van der Waals surface area contributed by atoms with Crippen LogP contribution in [-0.4, -0.2) is 44.8 Å². The summed E-state index contributed by atoms with van der Waals surface area (Å²) in [6.45, 7) is 7.13. The van der Waals surface area contributed by atoms with Crippen LogP contribution < -0.4 is 0 Å². The average molecular weight is 273 g/mol. The van der Waals surface area contributed by atoms with Gasteiger partial charge in [-0.1, -0.05) is 0 Å². The van der Waals surface area contributed by atoms with E-state index >= 15 is 0 Å². The van der Waals surface area contributed by atoms with E-state index in [1.165, 1.54) is 5.56 Å². The standard InChI is InChI=1S/C14H19N5O/c1-10-7-16-18-14(10)13-9-20-6-5-19(13)8-12-3-4-15-11(2)17-12/h3-4,7,13H,5-6,8-9H2,1-2H3,(H,16,18)/t13-/m0/s1. The first-order valence-electron chi connectivity index (χ1n) is 6.84. The minimum absolute atomic E-state index is 0.210. The van der Waals surface area contributed by atoms with Crippen molar-refractivity contribution in [1.82, 2.24) is 25.1 Å². The molecule has 1 N–H and O–H groups in total. The topological polar surface area (TPSA) is 66.9 Å². The van der Waals surface area contributed by atoms with Gasteiger partial charge in [0.25, 0.3) is 0 Å². The molecular formula is C14H19N5O. The van der Waals surface area contributed by atoms with E-state index in [0.717, 1.165) is 36.9 Å². The lowest BCUT2D eigenvalue weighted by Gasteiger charge is -2.35. The van der Waals surface area contributed by atoms with Gasteiger partial charge in [0.1, 0.15) is 5.82 Å². The van der Waals surface area contributed by atoms with Crippen molar-refractivity contribution in [3.63, 3.8) is 0 Å². The van der Waals surface area contributed by atoms with Crippen molar-refractivity contribution in [3.05, 3.63) is 41.2 Å². The van der Waals surface area contributed by atoms with Gasteiger partial charge in [-0.25, -0.2) is 9.97 Å². The van der Waals surface area contributed by atoms with Gasteiger partial charge < -0.3 is 4.74 Å². The van der Waals surface area contributed by atoms with E-state index < -0.39 is 0 Å². The fourth-order valence-electron chi connectivity index (χ4n) is 2.59. The van der Waals surface area contributed by atoms with Crippen LogP contribution in [0.3, 0.4) is 0 Å². The Morgan fingerprint density at radius 2 is 2.35 bits per heavy atom. The molecule has 2 aromatic rings. The van der Waals surface area contributed by atoms with E-state index in [9.17, 15) is 0 Å². The third-order valence-electron chi connectivity index (χ3n) is 3.64. The molecule has 1 saturated heterocycles. The zero-order valence-corrected chi connectivity index (χ0v) is 11.8. The summed E-state index contributed by atoms with van der Waals surface area (Å²) in [7, 11) is 0. The van der Waals surface area contributed by atoms with E-state index in [1.807, 2.05) is 25.4 Å². The molecule has 1 atom stereocenters. The van der Waals surface area contributed by atoms with Crippen molar-refractivity contribution in [2.24, 2.45) is 0 Å². The summed E-state index contributed by atoms with van der Waals surface area (Å²) in [5.74, 6) is 0.810. The lowest BCUT2D eigenvalue weighted by atomic mass is 10.1. The molecule has 1 fully saturated rings. The number of aromatic amines is 1. The van der Waals surface area contributed by atoms with Crippen LogP contribution in [0.2, 0.25) is 0 Å². The number of hydrogen-bond donors (Lipinski definition) is 1. The average Bonchev–Trinajstić information content (AvgIpc) is 2.86. The molecule has 0 aromatic carbocycles. The minimum Gasteiger partial charge on any atom is -0.378 e. The van der Waals surface area contributed by atoms with Crippen LogP contribution in [0, 0.1) is 13.8 Å². The summed E-state index contributed by atoms with van der Waals surface area (Å²) in [5.41, 5.74) is 3.35. The van der Waals surface area contributed by atoms with E-state index in [1.54, 1.807) is 0 Å². The largest absolute Gasteiger partial charge is 0.378 e. The quantitative estimate of drug-likeness (QED) is 0.915. The second-order valence-electron chi connectivity index (χ2n) is 5.12. The lowest BCUT2D eigenvalue weighted by molar-refractivity contribution is -0.0150. The monoisotopic (exact) mass is 273 g/mol. The van der Waals surface area contributed by atoms with Crippen molar-refractivity contribution in [3.8, 4) is 0 Å². The summed E-state index contributed by atoms with van der Waals surface area (Å²) in [5, 5.41) is 7.22. The molecule has 106 valence electrons. The molecule has 6 nitrogen and oxygen atoms in total. The van der Waals surface area contributed by atoms with Crippen molar-refractivity contribution >= 4 is 0 Å². The number of nitrogens with zero attached hydrogens (tertiary/aromatic N) is 4. The highest BCUT2D eigenvalue weighted by molar-refractivity contribution is 5.19. The van der Waals surface area contributed by atoms with E-state index in [4.69, 9.17) is 4.74 Å². The number of rotatable bonds is 3. The summed E-state index contributed by atoms with van der Waals surface area (Å²) < 4.78 is 5.63. The van der Waals surface area contributed by atoms with Crippen LogP contribution in [0.15, 0.2) is 18.5 Å². The number of aromatic nitrogens is 4. The zero-order chi connectivity index (χ0) is 13.9. The van der Waals surface area contributed by atoms with E-state index in [-0.39, 0.29) is 6.04 Å². The van der Waals surface area contributed by atoms with Gasteiger partial charge >= 0.3 is 0 Å². The molecule has 6 heteroatoms. The molecule has 0 radical (unpaired) electrons. The van der Waals surface area contributed by atoms with Gasteiger partial charge in [-0.05, 0) is 25.5 Å². The number of morpholine rings is 1. The van der Waals surface area contributed by atoms with E-state index in [0.29, 0.717) is 6.61 Å². The predicted octanol–water partition coefficient (Wildman–Crippen LogP) is 1.39. The molecule has 2 aromatic heterocycles. The maximum atomic E-state index is 5.63. The Balaban J connectivity index is 1.81. The van der Waals surface area contributed by atoms with Gasteiger partial charge in [-0.2, -0.15) is 5.10 Å². The van der Waals surface area contributed by atoms with Crippen molar-refractivity contribution in [1.29, 1.82) is 0 Å². The van der Waals surface area contributed by atoms with Gasteiger partial charge in [0.05, 0.1) is 36.8 Å². The number of hydrogen-bond acceptors (Lipinski definition) is 5. The Labute approximate surface area is 118 Å². The smallest absolute Gasteiger partial charge is 0.125 e. The molecule has 20 heavy (non-hydrogen) atoms. The second-order valence-corrected chi connectivity index (χ2v) is 5.12. The highest BCUT2D eigenvalue weighted by Gasteiger charge is 2.27. The Morgan fingerprint density at radius 1 is 1.45 bits per heavy atom. The molecule has 3 rings (SSSR count). The summed E-state index contributed by atoms with van der Waals surface area (Å²) in [6.07, 6.45) is 3.67. The molecule has 1 aliphatic rings. The van der Waals surface area contributed by atoms with Gasteiger partial charge in [-0.15, -0.1) is 0 Å². The maximum Gasteiger partial charge on any atom is 0.125 e. The van der Waals surface area contributed by atoms with Crippen LogP contribution in [0.25, 0.3) is 0 Å². The van der Waals surface area contributed by atoms with Gasteiger partial charge in [0, 0.05) is 19.3 Å². The predicted molar refractivity (Wildman–Crippen MR) is 74.1 cm³/mol. The first-order chi connectivity index (χ1) is 9.74. The third-order valence-corrected chi connectivity index (χ3v) is 3.64. The summed E-state index contributed by atoms with van der Waals surface area (Å²) in [6, 6.07) is 2.18. The van der Waals surface area contributed by atoms with Crippen LogP contribution in [-0.2, 0) is 11.3 Å². The van der Waals surface area contributed by atoms with Crippen LogP contribution in [0.1, 0.15) is 28.8 Å². The lowest BCUT2D eigenvalue weighted by Crippen LogP contribution is -2.39. The second kappa shape index (κ2) is 5.68. The third kappa shape index (κ3) is 2.71. The Kier molecular flexibility index (Phi) is 3.75. The van der Waals surface area contributed by atoms with E-state index in [2.05, 4.69) is 32.0 Å². The number of aryl methyl sites for hydroxylation is 2. The van der Waals surface area contributed by atoms with Crippen LogP contribution in [0.4, 0.5) is 0 Å². The van der Waals surface area contributed by atoms with Gasteiger partial charge in [0.2, 0.25) is 0 Å². The molecule has 0 amide bonds. The number of ether oxygens (including phenoxy) is 1. The van der Waals surface area contributed by atoms with Crippen molar-refractivity contribution in [2.45, 2.75) is 26.4 Å². The normalized spacial score (nSPS) is 20.2. The Morgan fingerprint density at radius 3 is 3.10 bits per heavy atom.